The lowest BCUT2D eigenvalue weighted by Crippen LogP contribution is -2.47. The molecule has 1 aliphatic rings. The first kappa shape index (κ1) is 13.1. The second-order valence-electron chi connectivity index (χ2n) is 4.90. The highest BCUT2D eigenvalue weighted by Gasteiger charge is 2.40. The minimum atomic E-state index is -0.734. The fourth-order valence-corrected chi connectivity index (χ4v) is 2.22. The minimum Gasteiger partial charge on any atom is -0.449 e. The van der Waals surface area contributed by atoms with Crippen molar-refractivity contribution in [2.24, 2.45) is 5.41 Å². The first-order chi connectivity index (χ1) is 8.33. The van der Waals surface area contributed by atoms with Gasteiger partial charge in [0.05, 0.1) is 11.1 Å². The molecule has 0 radical (unpaired) electrons. The van der Waals surface area contributed by atoms with Gasteiger partial charge in [-0.25, -0.2) is 13.6 Å². The molecule has 0 aromatic heterocycles. The lowest BCUT2D eigenvalue weighted by Gasteiger charge is -2.38. The topological polar surface area (TPSA) is 38.3 Å². The summed E-state index contributed by atoms with van der Waals surface area (Å²) in [6.45, 7) is 3.66. The number of nitrogens with one attached hydrogen (secondary N) is 1. The van der Waals surface area contributed by atoms with Gasteiger partial charge in [-0.15, -0.1) is 0 Å². The monoisotopic (exact) mass is 275 g/mol. The lowest BCUT2D eigenvalue weighted by atomic mass is 9.80. The number of ether oxygens (including phenoxy) is 1. The van der Waals surface area contributed by atoms with E-state index in [1.54, 1.807) is 13.8 Å². The fourth-order valence-electron chi connectivity index (χ4n) is 1.96. The Kier molecular flexibility index (Phi) is 3.19. The standard InChI is InChI=1S/C12H12ClF2NO2/c1-12(2)5-18-11(17)16-10(12)8-6(14)3-4-7(15)9(8)13/h3-4,10H,5H2,1-2H3,(H,16,17)/t10-/m0/s1. The Hall–Kier alpha value is -1.36. The largest absolute Gasteiger partial charge is 0.449 e. The molecule has 98 valence electrons. The fraction of sp³-hybridized carbons (Fsp3) is 0.417. The number of cyclic esters (lactones) is 1. The molecule has 1 aliphatic heterocycles. The van der Waals surface area contributed by atoms with Gasteiger partial charge in [0.15, 0.2) is 0 Å². The zero-order valence-corrected chi connectivity index (χ0v) is 10.6. The van der Waals surface area contributed by atoms with Crippen molar-refractivity contribution >= 4 is 17.7 Å². The van der Waals surface area contributed by atoms with E-state index in [0.29, 0.717) is 0 Å². The van der Waals surface area contributed by atoms with E-state index in [1.807, 2.05) is 0 Å². The zero-order valence-electron chi connectivity index (χ0n) is 9.89. The van der Waals surface area contributed by atoms with Crippen LogP contribution in [0.3, 0.4) is 0 Å². The Balaban J connectivity index is 2.52. The average molecular weight is 276 g/mol. The van der Waals surface area contributed by atoms with E-state index in [4.69, 9.17) is 16.3 Å². The maximum absolute atomic E-state index is 13.8. The molecule has 0 unspecified atom stereocenters. The molecule has 1 amide bonds. The summed E-state index contributed by atoms with van der Waals surface area (Å²) in [4.78, 5) is 11.2. The van der Waals surface area contributed by atoms with Crippen LogP contribution >= 0.6 is 11.6 Å². The maximum Gasteiger partial charge on any atom is 0.407 e. The smallest absolute Gasteiger partial charge is 0.407 e. The quantitative estimate of drug-likeness (QED) is 0.798. The molecule has 1 aromatic rings. The van der Waals surface area contributed by atoms with Gasteiger partial charge in [0.25, 0.3) is 0 Å². The average Bonchev–Trinajstić information content (AvgIpc) is 2.29. The highest BCUT2D eigenvalue weighted by Crippen LogP contribution is 2.41. The van der Waals surface area contributed by atoms with E-state index in [9.17, 15) is 13.6 Å². The van der Waals surface area contributed by atoms with Crippen molar-refractivity contribution in [2.75, 3.05) is 6.61 Å². The van der Waals surface area contributed by atoms with Gasteiger partial charge in [0.2, 0.25) is 0 Å². The molecule has 0 bridgehead atoms. The van der Waals surface area contributed by atoms with E-state index in [0.717, 1.165) is 12.1 Å². The van der Waals surface area contributed by atoms with Crippen molar-refractivity contribution in [2.45, 2.75) is 19.9 Å². The minimum absolute atomic E-state index is 0.0432. The molecule has 0 aliphatic carbocycles. The van der Waals surface area contributed by atoms with E-state index >= 15 is 0 Å². The number of carbonyl (C=O) groups excluding carboxylic acids is 1. The molecule has 1 fully saturated rings. The predicted octanol–water partition coefficient (Wildman–Crippen LogP) is 3.43. The number of hydrogen-bond donors (Lipinski definition) is 1. The van der Waals surface area contributed by atoms with Crippen molar-refractivity contribution in [1.82, 2.24) is 5.32 Å². The van der Waals surface area contributed by atoms with Crippen LogP contribution in [0.25, 0.3) is 0 Å². The third-order valence-electron chi connectivity index (χ3n) is 2.99. The summed E-state index contributed by atoms with van der Waals surface area (Å²) in [5, 5.41) is 2.17. The Morgan fingerprint density at radius 3 is 2.67 bits per heavy atom. The van der Waals surface area contributed by atoms with E-state index in [-0.39, 0.29) is 17.2 Å². The number of amides is 1. The van der Waals surface area contributed by atoms with Gasteiger partial charge in [-0.3, -0.25) is 0 Å². The Labute approximate surface area is 108 Å². The molecular weight excluding hydrogens is 264 g/mol. The van der Waals surface area contributed by atoms with E-state index < -0.39 is 29.2 Å². The van der Waals surface area contributed by atoms with E-state index in [2.05, 4.69) is 5.32 Å². The van der Waals surface area contributed by atoms with Crippen molar-refractivity contribution in [1.29, 1.82) is 0 Å². The van der Waals surface area contributed by atoms with Crippen molar-refractivity contribution in [3.8, 4) is 0 Å². The van der Waals surface area contributed by atoms with Gasteiger partial charge >= 0.3 is 6.09 Å². The highest BCUT2D eigenvalue weighted by molar-refractivity contribution is 6.31. The summed E-state index contributed by atoms with van der Waals surface area (Å²) >= 11 is 5.80. The summed E-state index contributed by atoms with van der Waals surface area (Å²) < 4.78 is 32.1. The molecule has 1 aromatic carbocycles. The van der Waals surface area contributed by atoms with Crippen LogP contribution in [0.15, 0.2) is 12.1 Å². The van der Waals surface area contributed by atoms with Crippen LogP contribution in [0, 0.1) is 17.0 Å². The number of hydrogen-bond acceptors (Lipinski definition) is 2. The number of rotatable bonds is 1. The van der Waals surface area contributed by atoms with Crippen LogP contribution in [0.2, 0.25) is 5.02 Å². The van der Waals surface area contributed by atoms with Gasteiger partial charge in [-0.05, 0) is 12.1 Å². The highest BCUT2D eigenvalue weighted by atomic mass is 35.5. The van der Waals surface area contributed by atoms with Crippen molar-refractivity contribution in [3.05, 3.63) is 34.4 Å². The Morgan fingerprint density at radius 1 is 1.39 bits per heavy atom. The summed E-state index contributed by atoms with van der Waals surface area (Å²) in [6, 6.07) is 1.21. The van der Waals surface area contributed by atoms with E-state index in [1.165, 1.54) is 0 Å². The first-order valence-electron chi connectivity index (χ1n) is 5.39. The van der Waals surface area contributed by atoms with Crippen LogP contribution < -0.4 is 5.32 Å². The van der Waals surface area contributed by atoms with Gasteiger partial charge in [0.1, 0.15) is 18.2 Å². The Morgan fingerprint density at radius 2 is 2.00 bits per heavy atom. The summed E-state index contributed by atoms with van der Waals surface area (Å²) in [5.41, 5.74) is -0.634. The normalized spacial score (nSPS) is 22.3. The maximum atomic E-state index is 13.8. The van der Waals surface area contributed by atoms with Gasteiger partial charge in [0, 0.05) is 11.0 Å². The molecule has 1 atom stereocenters. The molecule has 0 spiro atoms. The predicted molar refractivity (Wildman–Crippen MR) is 62.4 cm³/mol. The SMILES string of the molecule is CC1(C)COC(=O)N[C@H]1c1c(F)ccc(F)c1Cl. The molecule has 18 heavy (non-hydrogen) atoms. The van der Waals surface area contributed by atoms with Crippen LogP contribution in [0.1, 0.15) is 25.5 Å². The first-order valence-corrected chi connectivity index (χ1v) is 5.77. The van der Waals surface area contributed by atoms with Gasteiger partial charge in [-0.1, -0.05) is 25.4 Å². The molecule has 1 N–H and O–H groups in total. The summed E-state index contributed by atoms with van der Waals surface area (Å²) in [5.74, 6) is -1.37. The summed E-state index contributed by atoms with van der Waals surface area (Å²) in [7, 11) is 0. The lowest BCUT2D eigenvalue weighted by molar-refractivity contribution is 0.0377. The Bertz CT molecular complexity index is 505. The molecule has 3 nitrogen and oxygen atoms in total. The second-order valence-corrected chi connectivity index (χ2v) is 5.28. The molecular formula is C12H12ClF2NO2. The molecule has 1 heterocycles. The van der Waals surface area contributed by atoms with Crippen LogP contribution in [0.4, 0.5) is 13.6 Å². The molecule has 6 heteroatoms. The van der Waals surface area contributed by atoms with Gasteiger partial charge in [-0.2, -0.15) is 0 Å². The third-order valence-corrected chi connectivity index (χ3v) is 3.37. The third kappa shape index (κ3) is 2.14. The number of benzene rings is 1. The van der Waals surface area contributed by atoms with Gasteiger partial charge < -0.3 is 10.1 Å². The van der Waals surface area contributed by atoms with Crippen LogP contribution in [-0.4, -0.2) is 12.7 Å². The molecule has 2 rings (SSSR count). The molecule has 1 saturated heterocycles. The van der Waals surface area contributed by atoms with Crippen molar-refractivity contribution in [3.63, 3.8) is 0 Å². The summed E-state index contributed by atoms with van der Waals surface area (Å²) in [6.07, 6.45) is -0.668. The van der Waals surface area contributed by atoms with Crippen molar-refractivity contribution < 1.29 is 18.3 Å². The number of carbonyl (C=O) groups is 1. The second kappa shape index (κ2) is 4.39. The van der Waals surface area contributed by atoms with Crippen LogP contribution in [0.5, 0.6) is 0 Å². The zero-order chi connectivity index (χ0) is 13.5. The number of alkyl carbamates (subject to hydrolysis) is 1. The van der Waals surface area contributed by atoms with Crippen LogP contribution in [-0.2, 0) is 4.74 Å². The molecule has 0 saturated carbocycles. The number of halogens is 3.